The number of halogens is 1. The third-order valence-corrected chi connectivity index (χ3v) is 1.45. The minimum absolute atomic E-state index is 0.369. The first kappa shape index (κ1) is 8.43. The number of nitrogens with zero attached hydrogens (tertiary/aromatic N) is 2. The first-order valence-electron chi connectivity index (χ1n) is 3.28. The van der Waals surface area contributed by atoms with Crippen molar-refractivity contribution in [1.29, 1.82) is 0 Å². The van der Waals surface area contributed by atoms with Crippen molar-refractivity contribution < 1.29 is 5.11 Å². The van der Waals surface area contributed by atoms with E-state index in [4.69, 9.17) is 16.7 Å². The van der Waals surface area contributed by atoms with Crippen LogP contribution in [0.2, 0.25) is 5.15 Å². The summed E-state index contributed by atoms with van der Waals surface area (Å²) in [5.74, 6) is 0.577. The zero-order chi connectivity index (χ0) is 8.43. The molecule has 0 saturated carbocycles. The highest BCUT2D eigenvalue weighted by Crippen LogP contribution is 2.13. The van der Waals surface area contributed by atoms with Gasteiger partial charge in [0.2, 0.25) is 0 Å². The van der Waals surface area contributed by atoms with Crippen molar-refractivity contribution in [1.82, 2.24) is 9.97 Å². The Kier molecular flexibility index (Phi) is 2.42. The van der Waals surface area contributed by atoms with Crippen LogP contribution in [0.15, 0.2) is 6.07 Å². The fourth-order valence-electron chi connectivity index (χ4n) is 0.767. The molecule has 1 atom stereocenters. The first-order valence-corrected chi connectivity index (χ1v) is 3.66. The Morgan fingerprint density at radius 2 is 2.18 bits per heavy atom. The molecule has 0 amide bonds. The molecule has 4 heteroatoms. The number of aromatic nitrogens is 2. The maximum atomic E-state index is 9.12. The molecule has 0 fully saturated rings. The van der Waals surface area contributed by atoms with Crippen LogP contribution in [-0.4, -0.2) is 15.1 Å². The molecular formula is C7H9ClN2O. The van der Waals surface area contributed by atoms with E-state index in [9.17, 15) is 0 Å². The van der Waals surface area contributed by atoms with E-state index >= 15 is 0 Å². The van der Waals surface area contributed by atoms with Gasteiger partial charge in [0.05, 0.1) is 11.8 Å². The molecule has 0 spiro atoms. The molecule has 1 heterocycles. The highest BCUT2D eigenvalue weighted by atomic mass is 35.5. The normalized spacial score (nSPS) is 13.1. The lowest BCUT2D eigenvalue weighted by molar-refractivity contribution is 0.194. The molecule has 0 aliphatic carbocycles. The largest absolute Gasteiger partial charge is 0.387 e. The van der Waals surface area contributed by atoms with Crippen LogP contribution in [0.5, 0.6) is 0 Å². The number of hydrogen-bond acceptors (Lipinski definition) is 3. The summed E-state index contributed by atoms with van der Waals surface area (Å²) < 4.78 is 0. The van der Waals surface area contributed by atoms with Crippen LogP contribution >= 0.6 is 11.6 Å². The number of aliphatic hydroxyl groups is 1. The average molecular weight is 173 g/mol. The Hall–Kier alpha value is -0.670. The Bertz CT molecular complexity index is 242. The van der Waals surface area contributed by atoms with Crippen molar-refractivity contribution in [3.63, 3.8) is 0 Å². The SMILES string of the molecule is Cc1nc(Cl)cc(C(C)O)n1. The predicted octanol–water partition coefficient (Wildman–Crippen LogP) is 1.49. The summed E-state index contributed by atoms with van der Waals surface area (Å²) in [5, 5.41) is 9.49. The summed E-state index contributed by atoms with van der Waals surface area (Å²) in [6.07, 6.45) is -0.589. The second kappa shape index (κ2) is 3.15. The molecule has 0 aliphatic rings. The van der Waals surface area contributed by atoms with Gasteiger partial charge in [-0.2, -0.15) is 0 Å². The lowest BCUT2D eigenvalue weighted by Gasteiger charge is -2.03. The Morgan fingerprint density at radius 1 is 1.55 bits per heavy atom. The van der Waals surface area contributed by atoms with Gasteiger partial charge >= 0.3 is 0 Å². The van der Waals surface area contributed by atoms with Gasteiger partial charge in [0.15, 0.2) is 0 Å². The molecular weight excluding hydrogens is 164 g/mol. The Labute approximate surface area is 70.1 Å². The van der Waals surface area contributed by atoms with Gasteiger partial charge in [-0.25, -0.2) is 9.97 Å². The van der Waals surface area contributed by atoms with Crippen LogP contribution in [0.25, 0.3) is 0 Å². The maximum absolute atomic E-state index is 9.12. The molecule has 3 nitrogen and oxygen atoms in total. The number of aliphatic hydroxyl groups excluding tert-OH is 1. The highest BCUT2D eigenvalue weighted by Gasteiger charge is 2.04. The molecule has 1 rings (SSSR count). The highest BCUT2D eigenvalue weighted by molar-refractivity contribution is 6.29. The number of hydrogen-bond donors (Lipinski definition) is 1. The van der Waals surface area contributed by atoms with E-state index in [0.29, 0.717) is 16.7 Å². The second-order valence-corrected chi connectivity index (χ2v) is 2.73. The summed E-state index contributed by atoms with van der Waals surface area (Å²) in [7, 11) is 0. The van der Waals surface area contributed by atoms with Crippen molar-refractivity contribution in [3.05, 3.63) is 22.7 Å². The van der Waals surface area contributed by atoms with Crippen molar-refractivity contribution in [3.8, 4) is 0 Å². The zero-order valence-corrected chi connectivity index (χ0v) is 7.13. The fourth-order valence-corrected chi connectivity index (χ4v) is 1.00. The van der Waals surface area contributed by atoms with Crippen LogP contribution in [0.3, 0.4) is 0 Å². The van der Waals surface area contributed by atoms with Gasteiger partial charge in [0.1, 0.15) is 11.0 Å². The smallest absolute Gasteiger partial charge is 0.133 e. The third-order valence-electron chi connectivity index (χ3n) is 1.25. The molecule has 0 bridgehead atoms. The summed E-state index contributed by atoms with van der Waals surface area (Å²) in [6.45, 7) is 3.37. The molecule has 60 valence electrons. The second-order valence-electron chi connectivity index (χ2n) is 2.34. The van der Waals surface area contributed by atoms with Crippen LogP contribution < -0.4 is 0 Å². The molecule has 0 saturated heterocycles. The molecule has 1 aromatic heterocycles. The molecule has 1 unspecified atom stereocenters. The standard InChI is InChI=1S/C7H9ClN2O/c1-4(11)6-3-7(8)10-5(2)9-6/h3-4,11H,1-2H3. The lowest BCUT2D eigenvalue weighted by Crippen LogP contribution is -1.99. The van der Waals surface area contributed by atoms with Crippen LogP contribution in [-0.2, 0) is 0 Å². The molecule has 1 aromatic rings. The van der Waals surface area contributed by atoms with E-state index in [2.05, 4.69) is 9.97 Å². The first-order chi connectivity index (χ1) is 5.09. The molecule has 1 N–H and O–H groups in total. The third kappa shape index (κ3) is 2.13. The quantitative estimate of drug-likeness (QED) is 0.653. The topological polar surface area (TPSA) is 46.0 Å². The molecule has 0 radical (unpaired) electrons. The van der Waals surface area contributed by atoms with Gasteiger partial charge in [0.25, 0.3) is 0 Å². The predicted molar refractivity (Wildman–Crippen MR) is 42.4 cm³/mol. The van der Waals surface area contributed by atoms with Gasteiger partial charge in [-0.1, -0.05) is 11.6 Å². The van der Waals surface area contributed by atoms with Gasteiger partial charge in [-0.05, 0) is 19.9 Å². The minimum Gasteiger partial charge on any atom is -0.387 e. The average Bonchev–Trinajstić information content (AvgIpc) is 1.85. The van der Waals surface area contributed by atoms with E-state index in [1.54, 1.807) is 19.9 Å². The van der Waals surface area contributed by atoms with E-state index < -0.39 is 6.10 Å². The lowest BCUT2D eigenvalue weighted by atomic mass is 10.3. The van der Waals surface area contributed by atoms with Crippen molar-refractivity contribution in [2.75, 3.05) is 0 Å². The van der Waals surface area contributed by atoms with Crippen LogP contribution in [0, 0.1) is 6.92 Å². The Balaban J connectivity index is 3.08. The van der Waals surface area contributed by atoms with Crippen LogP contribution in [0.1, 0.15) is 24.5 Å². The van der Waals surface area contributed by atoms with E-state index in [1.807, 2.05) is 0 Å². The molecule has 11 heavy (non-hydrogen) atoms. The number of rotatable bonds is 1. The monoisotopic (exact) mass is 172 g/mol. The van der Waals surface area contributed by atoms with Gasteiger partial charge in [0, 0.05) is 0 Å². The van der Waals surface area contributed by atoms with E-state index in [0.717, 1.165) is 0 Å². The maximum Gasteiger partial charge on any atom is 0.133 e. The molecule has 0 aromatic carbocycles. The minimum atomic E-state index is -0.589. The zero-order valence-electron chi connectivity index (χ0n) is 6.37. The van der Waals surface area contributed by atoms with E-state index in [1.165, 1.54) is 0 Å². The summed E-state index contributed by atoms with van der Waals surface area (Å²) >= 11 is 5.63. The van der Waals surface area contributed by atoms with Gasteiger partial charge < -0.3 is 5.11 Å². The van der Waals surface area contributed by atoms with Crippen molar-refractivity contribution in [2.45, 2.75) is 20.0 Å². The van der Waals surface area contributed by atoms with Crippen molar-refractivity contribution >= 4 is 11.6 Å². The summed E-state index contributed by atoms with van der Waals surface area (Å²) in [5.41, 5.74) is 0.558. The Morgan fingerprint density at radius 3 is 2.64 bits per heavy atom. The van der Waals surface area contributed by atoms with Gasteiger partial charge in [-0.3, -0.25) is 0 Å². The molecule has 0 aliphatic heterocycles. The number of aryl methyl sites for hydroxylation is 1. The summed E-state index contributed by atoms with van der Waals surface area (Å²) in [4.78, 5) is 7.85. The fraction of sp³-hybridized carbons (Fsp3) is 0.429. The van der Waals surface area contributed by atoms with Crippen molar-refractivity contribution in [2.24, 2.45) is 0 Å². The van der Waals surface area contributed by atoms with Gasteiger partial charge in [-0.15, -0.1) is 0 Å². The van der Waals surface area contributed by atoms with E-state index in [-0.39, 0.29) is 0 Å². The summed E-state index contributed by atoms with van der Waals surface area (Å²) in [6, 6.07) is 1.55. The van der Waals surface area contributed by atoms with Crippen LogP contribution in [0.4, 0.5) is 0 Å².